The van der Waals surface area contributed by atoms with Crippen LogP contribution in [0.25, 0.3) is 0 Å². The minimum absolute atomic E-state index is 0.615. The zero-order valence-electron chi connectivity index (χ0n) is 10.5. The molecule has 0 aromatic heterocycles. The van der Waals surface area contributed by atoms with Crippen LogP contribution in [0.3, 0.4) is 0 Å². The van der Waals surface area contributed by atoms with Crippen molar-refractivity contribution in [1.29, 1.82) is 0 Å². The van der Waals surface area contributed by atoms with Crippen molar-refractivity contribution in [3.05, 3.63) is 0 Å². The summed E-state index contributed by atoms with van der Waals surface area (Å²) in [6.45, 7) is 6.16. The summed E-state index contributed by atoms with van der Waals surface area (Å²) < 4.78 is 0. The number of hydrogen-bond acceptors (Lipinski definition) is 3. The predicted molar refractivity (Wildman–Crippen MR) is 67.9 cm³/mol. The van der Waals surface area contributed by atoms with E-state index in [1.165, 1.54) is 25.7 Å². The van der Waals surface area contributed by atoms with Crippen LogP contribution in [-0.2, 0) is 0 Å². The Bertz CT molecular complexity index is 114. The van der Waals surface area contributed by atoms with Crippen molar-refractivity contribution in [3.63, 3.8) is 0 Å². The summed E-state index contributed by atoms with van der Waals surface area (Å²) in [6, 6.07) is 1.23. The van der Waals surface area contributed by atoms with Gasteiger partial charge < -0.3 is 16.8 Å². The highest BCUT2D eigenvalue weighted by Crippen LogP contribution is 2.04. The maximum atomic E-state index is 5.46. The molecule has 0 aliphatic carbocycles. The van der Waals surface area contributed by atoms with E-state index in [2.05, 4.69) is 19.2 Å². The maximum absolute atomic E-state index is 5.46. The Hall–Kier alpha value is -0.120. The van der Waals surface area contributed by atoms with Crippen LogP contribution in [0.2, 0.25) is 0 Å². The molecule has 5 N–H and O–H groups in total. The molecule has 0 aliphatic heterocycles. The Balaban J connectivity index is 3.35. The van der Waals surface area contributed by atoms with Crippen molar-refractivity contribution in [2.24, 2.45) is 11.5 Å². The average Bonchev–Trinajstić information content (AvgIpc) is 2.18. The highest BCUT2D eigenvalue weighted by Gasteiger charge is 2.06. The van der Waals surface area contributed by atoms with Crippen LogP contribution < -0.4 is 16.8 Å². The number of nitrogens with two attached hydrogens (primary N) is 2. The summed E-state index contributed by atoms with van der Waals surface area (Å²) in [4.78, 5) is 0. The third-order valence-corrected chi connectivity index (χ3v) is 2.75. The predicted octanol–water partition coefficient (Wildman–Crippen LogP) is 1.61. The highest BCUT2D eigenvalue weighted by atomic mass is 14.9. The van der Waals surface area contributed by atoms with Gasteiger partial charge in [0.15, 0.2) is 0 Å². The molecule has 0 aromatic rings. The zero-order valence-corrected chi connectivity index (χ0v) is 10.5. The van der Waals surface area contributed by atoms with E-state index in [0.29, 0.717) is 12.1 Å². The van der Waals surface area contributed by atoms with Crippen molar-refractivity contribution in [3.8, 4) is 0 Å². The van der Waals surface area contributed by atoms with Gasteiger partial charge in [0.25, 0.3) is 0 Å². The lowest BCUT2D eigenvalue weighted by molar-refractivity contribution is 0.409. The monoisotopic (exact) mass is 215 g/mol. The second-order valence-electron chi connectivity index (χ2n) is 4.54. The lowest BCUT2D eigenvalue weighted by atomic mass is 10.1. The molecule has 0 rings (SSSR count). The van der Waals surface area contributed by atoms with Crippen molar-refractivity contribution in [1.82, 2.24) is 5.32 Å². The summed E-state index contributed by atoms with van der Waals surface area (Å²) in [5.41, 5.74) is 10.9. The molecular formula is C12H29N3. The molecular weight excluding hydrogens is 186 g/mol. The van der Waals surface area contributed by atoms with Gasteiger partial charge in [0.05, 0.1) is 0 Å². The summed E-state index contributed by atoms with van der Waals surface area (Å²) in [5, 5.41) is 3.62. The van der Waals surface area contributed by atoms with E-state index >= 15 is 0 Å². The normalized spacial score (nSPS) is 15.2. The molecule has 2 unspecified atom stereocenters. The molecule has 0 radical (unpaired) electrons. The Morgan fingerprint density at radius 1 is 0.800 bits per heavy atom. The minimum atomic E-state index is 0.615. The molecule has 2 atom stereocenters. The molecule has 0 bridgehead atoms. The topological polar surface area (TPSA) is 64.1 Å². The van der Waals surface area contributed by atoms with E-state index in [9.17, 15) is 0 Å². The molecule has 0 fully saturated rings. The van der Waals surface area contributed by atoms with Crippen molar-refractivity contribution < 1.29 is 0 Å². The molecule has 3 heteroatoms. The largest absolute Gasteiger partial charge is 0.330 e. The molecule has 0 amide bonds. The number of nitrogens with one attached hydrogen (secondary N) is 1. The van der Waals surface area contributed by atoms with Gasteiger partial charge in [0, 0.05) is 12.1 Å². The molecule has 92 valence electrons. The molecule has 0 aliphatic rings. The molecule has 0 saturated heterocycles. The van der Waals surface area contributed by atoms with Crippen molar-refractivity contribution in [2.75, 3.05) is 13.1 Å². The smallest absolute Gasteiger partial charge is 0.00412 e. The van der Waals surface area contributed by atoms with Gasteiger partial charge in [-0.2, -0.15) is 0 Å². The number of hydrogen-bond donors (Lipinski definition) is 3. The molecule has 0 aromatic carbocycles. The fourth-order valence-corrected chi connectivity index (χ4v) is 1.84. The third-order valence-electron chi connectivity index (χ3n) is 2.75. The highest BCUT2D eigenvalue weighted by molar-refractivity contribution is 4.67. The Kier molecular flexibility index (Phi) is 10.3. The van der Waals surface area contributed by atoms with Crippen LogP contribution in [-0.4, -0.2) is 25.2 Å². The maximum Gasteiger partial charge on any atom is 0.00412 e. The van der Waals surface area contributed by atoms with E-state index < -0.39 is 0 Å². The van der Waals surface area contributed by atoms with Gasteiger partial charge in [0.2, 0.25) is 0 Å². The van der Waals surface area contributed by atoms with Gasteiger partial charge in [-0.25, -0.2) is 0 Å². The molecule has 15 heavy (non-hydrogen) atoms. The standard InChI is InChI=1S/C12H29N3/c1-11(7-3-5-9-13)15-12(2)8-4-6-10-14/h11-12,15H,3-10,13-14H2,1-2H3. The van der Waals surface area contributed by atoms with Gasteiger partial charge in [-0.05, 0) is 52.6 Å². The van der Waals surface area contributed by atoms with Gasteiger partial charge in [0.1, 0.15) is 0 Å². The van der Waals surface area contributed by atoms with E-state index in [1.807, 2.05) is 0 Å². The van der Waals surface area contributed by atoms with Crippen LogP contribution in [0.4, 0.5) is 0 Å². The summed E-state index contributed by atoms with van der Waals surface area (Å²) >= 11 is 0. The Morgan fingerprint density at radius 2 is 1.20 bits per heavy atom. The van der Waals surface area contributed by atoms with Crippen LogP contribution >= 0.6 is 0 Å². The second-order valence-corrected chi connectivity index (χ2v) is 4.54. The first-order valence-corrected chi connectivity index (χ1v) is 6.37. The number of unbranched alkanes of at least 4 members (excludes halogenated alkanes) is 2. The minimum Gasteiger partial charge on any atom is -0.330 e. The average molecular weight is 215 g/mol. The van der Waals surface area contributed by atoms with Crippen LogP contribution in [0.5, 0.6) is 0 Å². The van der Waals surface area contributed by atoms with Gasteiger partial charge in [-0.15, -0.1) is 0 Å². The number of rotatable bonds is 10. The summed E-state index contributed by atoms with van der Waals surface area (Å²) in [6.07, 6.45) is 7.23. The van der Waals surface area contributed by atoms with E-state index in [4.69, 9.17) is 11.5 Å². The van der Waals surface area contributed by atoms with Gasteiger partial charge in [-0.3, -0.25) is 0 Å². The quantitative estimate of drug-likeness (QED) is 0.485. The summed E-state index contributed by atoms with van der Waals surface area (Å²) in [7, 11) is 0. The molecule has 0 spiro atoms. The van der Waals surface area contributed by atoms with Crippen LogP contribution in [0.1, 0.15) is 52.4 Å². The van der Waals surface area contributed by atoms with Gasteiger partial charge >= 0.3 is 0 Å². The Labute approximate surface area is 95.0 Å². The van der Waals surface area contributed by atoms with E-state index in [1.54, 1.807) is 0 Å². The lowest BCUT2D eigenvalue weighted by Gasteiger charge is -2.19. The summed E-state index contributed by atoms with van der Waals surface area (Å²) in [5.74, 6) is 0. The fourth-order valence-electron chi connectivity index (χ4n) is 1.84. The Morgan fingerprint density at radius 3 is 1.53 bits per heavy atom. The zero-order chi connectivity index (χ0) is 11.5. The van der Waals surface area contributed by atoms with Gasteiger partial charge in [-0.1, -0.05) is 12.8 Å². The first kappa shape index (κ1) is 14.9. The molecule has 0 saturated carbocycles. The van der Waals surface area contributed by atoms with Crippen LogP contribution in [0, 0.1) is 0 Å². The van der Waals surface area contributed by atoms with Crippen molar-refractivity contribution in [2.45, 2.75) is 64.5 Å². The SMILES string of the molecule is CC(CCCCN)NC(C)CCCCN. The first-order chi connectivity index (χ1) is 7.20. The third kappa shape index (κ3) is 10.2. The van der Waals surface area contributed by atoms with Crippen molar-refractivity contribution >= 4 is 0 Å². The van der Waals surface area contributed by atoms with Crippen LogP contribution in [0.15, 0.2) is 0 Å². The van der Waals surface area contributed by atoms with E-state index in [0.717, 1.165) is 25.9 Å². The van der Waals surface area contributed by atoms with E-state index in [-0.39, 0.29) is 0 Å². The lowest BCUT2D eigenvalue weighted by Crippen LogP contribution is -2.34. The first-order valence-electron chi connectivity index (χ1n) is 6.37. The molecule has 0 heterocycles. The fraction of sp³-hybridized carbons (Fsp3) is 1.00. The molecule has 3 nitrogen and oxygen atoms in total. The second kappa shape index (κ2) is 10.4.